The number of benzene rings is 1. The van der Waals surface area contributed by atoms with Crippen LogP contribution in [0.5, 0.6) is 0 Å². The van der Waals surface area contributed by atoms with Gasteiger partial charge in [-0.1, -0.05) is 23.7 Å². The van der Waals surface area contributed by atoms with Gasteiger partial charge < -0.3 is 15.0 Å². The molecule has 0 amide bonds. The van der Waals surface area contributed by atoms with E-state index in [0.29, 0.717) is 10.8 Å². The lowest BCUT2D eigenvalue weighted by Crippen LogP contribution is -2.05. The summed E-state index contributed by atoms with van der Waals surface area (Å²) in [5.74, 6) is 1.45. The summed E-state index contributed by atoms with van der Waals surface area (Å²) >= 11 is 6.17. The van der Waals surface area contributed by atoms with Gasteiger partial charge in [0.05, 0.1) is 16.9 Å². The van der Waals surface area contributed by atoms with Crippen molar-refractivity contribution in [2.24, 2.45) is 0 Å². The van der Waals surface area contributed by atoms with Crippen molar-refractivity contribution in [1.82, 2.24) is 14.4 Å². The quantitative estimate of drug-likeness (QED) is 0.770. The van der Waals surface area contributed by atoms with E-state index in [1.54, 1.807) is 6.20 Å². The summed E-state index contributed by atoms with van der Waals surface area (Å²) in [7, 11) is 0. The van der Waals surface area contributed by atoms with Crippen molar-refractivity contribution in [2.45, 2.75) is 6.92 Å². The molecule has 6 heteroatoms. The van der Waals surface area contributed by atoms with Crippen molar-refractivity contribution < 1.29 is 0 Å². The molecule has 0 aliphatic heterocycles. The first-order valence-corrected chi connectivity index (χ1v) is 6.75. The minimum Gasteiger partial charge on any atom is -0.369 e. The van der Waals surface area contributed by atoms with Crippen LogP contribution >= 0.6 is 11.6 Å². The summed E-state index contributed by atoms with van der Waals surface area (Å²) in [4.78, 5) is 8.85. The molecule has 0 fully saturated rings. The lowest BCUT2D eigenvalue weighted by molar-refractivity contribution is 1.09. The van der Waals surface area contributed by atoms with Gasteiger partial charge in [0.1, 0.15) is 5.82 Å². The predicted molar refractivity (Wildman–Crippen MR) is 81.9 cm³/mol. The molecular weight excluding hydrogens is 274 g/mol. The van der Waals surface area contributed by atoms with Crippen molar-refractivity contribution in [3.8, 4) is 0 Å². The minimum absolute atomic E-state index is 0.646. The zero-order chi connectivity index (χ0) is 13.9. The lowest BCUT2D eigenvalue weighted by Gasteiger charge is -2.11. The van der Waals surface area contributed by atoms with Crippen LogP contribution in [0.15, 0.2) is 42.9 Å². The molecule has 0 saturated carbocycles. The largest absolute Gasteiger partial charge is 0.369 e. The Balaban J connectivity index is 2.05. The second-order valence-corrected chi connectivity index (χ2v) is 4.68. The van der Waals surface area contributed by atoms with Gasteiger partial charge in [-0.05, 0) is 19.1 Å². The number of hydrogen-bond acceptors (Lipinski definition) is 4. The highest BCUT2D eigenvalue weighted by Gasteiger charge is 2.09. The normalized spacial score (nSPS) is 10.7. The molecule has 20 heavy (non-hydrogen) atoms. The summed E-state index contributed by atoms with van der Waals surface area (Å²) in [5, 5.41) is 7.08. The highest BCUT2D eigenvalue weighted by atomic mass is 35.5. The molecule has 3 aromatic rings. The third-order valence-corrected chi connectivity index (χ3v) is 3.19. The number of anilines is 3. The molecule has 2 heterocycles. The van der Waals surface area contributed by atoms with Gasteiger partial charge in [-0.3, -0.25) is 0 Å². The molecule has 0 bridgehead atoms. The number of halogens is 1. The Kier molecular flexibility index (Phi) is 3.43. The summed E-state index contributed by atoms with van der Waals surface area (Å²) in [6, 6.07) is 7.55. The first-order valence-electron chi connectivity index (χ1n) is 6.37. The molecule has 102 valence electrons. The van der Waals surface area contributed by atoms with Crippen molar-refractivity contribution in [3.63, 3.8) is 0 Å². The van der Waals surface area contributed by atoms with Gasteiger partial charge in [-0.15, -0.1) is 0 Å². The lowest BCUT2D eigenvalue weighted by atomic mass is 10.3. The Morgan fingerprint density at radius 1 is 1.30 bits per heavy atom. The van der Waals surface area contributed by atoms with Crippen molar-refractivity contribution in [2.75, 3.05) is 17.2 Å². The fourth-order valence-corrected chi connectivity index (χ4v) is 2.15. The van der Waals surface area contributed by atoms with Gasteiger partial charge in [0.2, 0.25) is 0 Å². The van der Waals surface area contributed by atoms with Gasteiger partial charge in [0, 0.05) is 18.9 Å². The number of nitrogens with one attached hydrogen (secondary N) is 2. The van der Waals surface area contributed by atoms with E-state index in [0.717, 1.165) is 23.7 Å². The number of nitrogens with zero attached hydrogens (tertiary/aromatic N) is 3. The highest BCUT2D eigenvalue weighted by molar-refractivity contribution is 6.33. The fourth-order valence-electron chi connectivity index (χ4n) is 1.97. The summed E-state index contributed by atoms with van der Waals surface area (Å²) in [6.07, 6.45) is 5.53. The SMILES string of the molecule is CCNc1cn2ccnc2c(Nc2ccccc2Cl)n1. The van der Waals surface area contributed by atoms with E-state index < -0.39 is 0 Å². The van der Waals surface area contributed by atoms with Crippen LogP contribution < -0.4 is 10.6 Å². The molecule has 3 rings (SSSR count). The third-order valence-electron chi connectivity index (χ3n) is 2.86. The molecule has 0 radical (unpaired) electrons. The topological polar surface area (TPSA) is 54.2 Å². The Hall–Kier alpha value is -2.27. The molecule has 2 N–H and O–H groups in total. The van der Waals surface area contributed by atoms with E-state index >= 15 is 0 Å². The number of hydrogen-bond donors (Lipinski definition) is 2. The van der Waals surface area contributed by atoms with Crippen molar-refractivity contribution >= 4 is 34.6 Å². The van der Waals surface area contributed by atoms with Gasteiger partial charge >= 0.3 is 0 Å². The first kappa shape index (κ1) is 12.7. The second-order valence-electron chi connectivity index (χ2n) is 4.27. The fraction of sp³-hybridized carbons (Fsp3) is 0.143. The molecule has 0 unspecified atom stereocenters. The first-order chi connectivity index (χ1) is 9.78. The number of imidazole rings is 1. The number of rotatable bonds is 4. The maximum absolute atomic E-state index is 6.17. The standard InChI is InChI=1S/C14H14ClN5/c1-2-16-12-9-20-8-7-17-14(20)13(19-12)18-11-6-4-3-5-10(11)15/h3-9,16H,2H2,1H3,(H,18,19). The van der Waals surface area contributed by atoms with E-state index in [9.17, 15) is 0 Å². The number of aromatic nitrogens is 3. The van der Waals surface area contributed by atoms with Gasteiger partial charge in [0.15, 0.2) is 11.5 Å². The van der Waals surface area contributed by atoms with Crippen LogP contribution in [0.25, 0.3) is 5.65 Å². The highest BCUT2D eigenvalue weighted by Crippen LogP contribution is 2.26. The van der Waals surface area contributed by atoms with Gasteiger partial charge in [-0.25, -0.2) is 9.97 Å². The van der Waals surface area contributed by atoms with Crippen LogP contribution in [0.1, 0.15) is 6.92 Å². The van der Waals surface area contributed by atoms with Gasteiger partial charge in [-0.2, -0.15) is 0 Å². The maximum atomic E-state index is 6.17. The Bertz CT molecular complexity index is 737. The van der Waals surface area contributed by atoms with Gasteiger partial charge in [0.25, 0.3) is 0 Å². The summed E-state index contributed by atoms with van der Waals surface area (Å²) in [5.41, 5.74) is 1.56. The molecule has 0 spiro atoms. The Morgan fingerprint density at radius 3 is 2.95 bits per heavy atom. The average Bonchev–Trinajstić information content (AvgIpc) is 2.90. The third kappa shape index (κ3) is 2.40. The van der Waals surface area contributed by atoms with E-state index in [4.69, 9.17) is 11.6 Å². The molecule has 0 aliphatic carbocycles. The van der Waals surface area contributed by atoms with Crippen molar-refractivity contribution in [1.29, 1.82) is 0 Å². The molecule has 0 aliphatic rings. The Morgan fingerprint density at radius 2 is 2.15 bits per heavy atom. The molecule has 1 aromatic carbocycles. The van der Waals surface area contributed by atoms with E-state index in [1.807, 2.05) is 48.0 Å². The Labute approximate surface area is 121 Å². The van der Waals surface area contributed by atoms with E-state index in [1.165, 1.54) is 0 Å². The molecule has 5 nitrogen and oxygen atoms in total. The summed E-state index contributed by atoms with van der Waals surface area (Å²) in [6.45, 7) is 2.83. The van der Waals surface area contributed by atoms with Crippen molar-refractivity contribution in [3.05, 3.63) is 47.9 Å². The second kappa shape index (κ2) is 5.38. The summed E-state index contributed by atoms with van der Waals surface area (Å²) < 4.78 is 1.92. The van der Waals surface area contributed by atoms with Crippen LogP contribution in [0.3, 0.4) is 0 Å². The van der Waals surface area contributed by atoms with E-state index in [-0.39, 0.29) is 0 Å². The minimum atomic E-state index is 0.646. The van der Waals surface area contributed by atoms with Crippen LogP contribution in [-0.2, 0) is 0 Å². The molecular formula is C14H14ClN5. The monoisotopic (exact) mass is 287 g/mol. The molecule has 0 saturated heterocycles. The molecule has 0 atom stereocenters. The number of fused-ring (bicyclic) bond motifs is 1. The van der Waals surface area contributed by atoms with Crippen LogP contribution in [0.2, 0.25) is 5.02 Å². The smallest absolute Gasteiger partial charge is 0.180 e. The number of para-hydroxylation sites is 1. The zero-order valence-corrected chi connectivity index (χ0v) is 11.7. The van der Waals surface area contributed by atoms with Crippen LogP contribution in [-0.4, -0.2) is 20.9 Å². The van der Waals surface area contributed by atoms with E-state index in [2.05, 4.69) is 20.6 Å². The van der Waals surface area contributed by atoms with Crippen LogP contribution in [0.4, 0.5) is 17.3 Å². The predicted octanol–water partition coefficient (Wildman–Crippen LogP) is 3.56. The molecule has 2 aromatic heterocycles. The zero-order valence-electron chi connectivity index (χ0n) is 11.0. The average molecular weight is 288 g/mol. The maximum Gasteiger partial charge on any atom is 0.180 e. The van der Waals surface area contributed by atoms with Crippen LogP contribution in [0, 0.1) is 0 Å².